The molecular weight excluding hydrogens is 201 g/mol. The van der Waals surface area contributed by atoms with E-state index in [1.54, 1.807) is 0 Å². The Labute approximate surface area is 86.3 Å². The molecule has 0 unspecified atom stereocenters. The third-order valence-electron chi connectivity index (χ3n) is 1.10. The molecule has 1 aromatic heterocycles. The van der Waals surface area contributed by atoms with Crippen LogP contribution in [-0.2, 0) is 32.7 Å². The SMILES string of the molecule is CCNc1cc[nH+]cc1.[Y]. The van der Waals surface area contributed by atoms with E-state index in [-0.39, 0.29) is 32.7 Å². The molecular formula is C7H11N2Y+. The van der Waals surface area contributed by atoms with Crippen LogP contribution in [0.3, 0.4) is 0 Å². The van der Waals surface area contributed by atoms with E-state index in [1.165, 1.54) is 0 Å². The number of hydrogen-bond donors (Lipinski definition) is 1. The molecule has 1 heterocycles. The van der Waals surface area contributed by atoms with Crippen molar-refractivity contribution in [2.24, 2.45) is 0 Å². The molecule has 2 nitrogen and oxygen atoms in total. The third-order valence-corrected chi connectivity index (χ3v) is 1.10. The molecule has 0 aromatic carbocycles. The zero-order chi connectivity index (χ0) is 6.53. The summed E-state index contributed by atoms with van der Waals surface area (Å²) < 4.78 is 0. The topological polar surface area (TPSA) is 26.2 Å². The van der Waals surface area contributed by atoms with Crippen LogP contribution in [0.2, 0.25) is 0 Å². The number of H-pyrrole nitrogens is 1. The zero-order valence-corrected chi connectivity index (χ0v) is 8.93. The Morgan fingerprint density at radius 3 is 2.50 bits per heavy atom. The minimum atomic E-state index is 0. The summed E-state index contributed by atoms with van der Waals surface area (Å²) in [6.45, 7) is 3.06. The van der Waals surface area contributed by atoms with Gasteiger partial charge in [0.15, 0.2) is 12.4 Å². The average Bonchev–Trinajstić information content (AvgIpc) is 1.91. The molecule has 1 radical (unpaired) electrons. The second-order valence-corrected chi connectivity index (χ2v) is 1.82. The summed E-state index contributed by atoms with van der Waals surface area (Å²) in [7, 11) is 0. The molecule has 2 N–H and O–H groups in total. The van der Waals surface area contributed by atoms with Crippen LogP contribution in [0.1, 0.15) is 6.92 Å². The van der Waals surface area contributed by atoms with Crippen molar-refractivity contribution in [2.45, 2.75) is 6.92 Å². The van der Waals surface area contributed by atoms with Crippen LogP contribution in [-0.4, -0.2) is 6.54 Å². The Morgan fingerprint density at radius 1 is 1.40 bits per heavy atom. The van der Waals surface area contributed by atoms with Gasteiger partial charge in [0, 0.05) is 57.1 Å². The summed E-state index contributed by atoms with van der Waals surface area (Å²) in [4.78, 5) is 2.95. The van der Waals surface area contributed by atoms with Gasteiger partial charge in [-0.05, 0) is 6.92 Å². The molecule has 0 aliphatic carbocycles. The van der Waals surface area contributed by atoms with E-state index in [0.29, 0.717) is 0 Å². The molecule has 0 fully saturated rings. The molecule has 1 rings (SSSR count). The second kappa shape index (κ2) is 5.81. The van der Waals surface area contributed by atoms with E-state index < -0.39 is 0 Å². The summed E-state index contributed by atoms with van der Waals surface area (Å²) >= 11 is 0. The first kappa shape index (κ1) is 10.1. The Morgan fingerprint density at radius 2 is 2.00 bits per heavy atom. The van der Waals surface area contributed by atoms with Gasteiger partial charge in [-0.3, -0.25) is 0 Å². The molecule has 10 heavy (non-hydrogen) atoms. The second-order valence-electron chi connectivity index (χ2n) is 1.82. The fourth-order valence-corrected chi connectivity index (χ4v) is 0.709. The maximum atomic E-state index is 3.19. The van der Waals surface area contributed by atoms with Gasteiger partial charge in [0.05, 0.1) is 0 Å². The van der Waals surface area contributed by atoms with Gasteiger partial charge in [-0.25, -0.2) is 4.98 Å². The fraction of sp³-hybridized carbons (Fsp3) is 0.286. The van der Waals surface area contributed by atoms with Crippen LogP contribution >= 0.6 is 0 Å². The van der Waals surface area contributed by atoms with Crippen molar-refractivity contribution in [3.05, 3.63) is 24.5 Å². The van der Waals surface area contributed by atoms with E-state index in [0.717, 1.165) is 12.2 Å². The van der Waals surface area contributed by atoms with Crippen molar-refractivity contribution in [2.75, 3.05) is 11.9 Å². The van der Waals surface area contributed by atoms with Crippen molar-refractivity contribution in [3.63, 3.8) is 0 Å². The van der Waals surface area contributed by atoms with Crippen LogP contribution in [0.5, 0.6) is 0 Å². The van der Waals surface area contributed by atoms with E-state index in [4.69, 9.17) is 0 Å². The Kier molecular flexibility index (Phi) is 5.84. The molecule has 1 aromatic rings. The number of aromatic amines is 1. The summed E-state index contributed by atoms with van der Waals surface area (Å²) in [5, 5.41) is 3.19. The van der Waals surface area contributed by atoms with Gasteiger partial charge < -0.3 is 5.32 Å². The van der Waals surface area contributed by atoms with Gasteiger partial charge in [0.1, 0.15) is 0 Å². The zero-order valence-electron chi connectivity index (χ0n) is 6.09. The maximum absolute atomic E-state index is 3.19. The number of hydrogen-bond acceptors (Lipinski definition) is 1. The van der Waals surface area contributed by atoms with Gasteiger partial charge in [-0.15, -0.1) is 0 Å². The van der Waals surface area contributed by atoms with Crippen molar-refractivity contribution in [3.8, 4) is 0 Å². The quantitative estimate of drug-likeness (QED) is 0.775. The van der Waals surface area contributed by atoms with Gasteiger partial charge in [-0.2, -0.15) is 0 Å². The van der Waals surface area contributed by atoms with E-state index >= 15 is 0 Å². The Bertz CT molecular complexity index is 165. The molecule has 0 atom stereocenters. The molecule has 0 aliphatic rings. The van der Waals surface area contributed by atoms with Gasteiger partial charge in [0.25, 0.3) is 0 Å². The minimum Gasteiger partial charge on any atom is -0.385 e. The molecule has 3 heteroatoms. The first-order chi connectivity index (χ1) is 4.43. The van der Waals surface area contributed by atoms with Gasteiger partial charge >= 0.3 is 0 Å². The standard InChI is InChI=1S/C7H10N2.Y/c1-2-9-7-3-5-8-6-4-7;/h3-6H,2H2,1H3,(H,8,9);/p+1. The van der Waals surface area contributed by atoms with E-state index in [9.17, 15) is 0 Å². The number of anilines is 1. The third kappa shape index (κ3) is 3.28. The summed E-state index contributed by atoms with van der Waals surface area (Å²) in [6.07, 6.45) is 3.80. The molecule has 0 amide bonds. The predicted octanol–water partition coefficient (Wildman–Crippen LogP) is 0.930. The van der Waals surface area contributed by atoms with Gasteiger partial charge in [-0.1, -0.05) is 0 Å². The van der Waals surface area contributed by atoms with Crippen LogP contribution < -0.4 is 10.3 Å². The normalized spacial score (nSPS) is 8.10. The average molecular weight is 212 g/mol. The number of aromatic nitrogens is 1. The molecule has 0 bridgehead atoms. The largest absolute Gasteiger partial charge is 0.385 e. The maximum Gasteiger partial charge on any atom is 0.169 e. The smallest absolute Gasteiger partial charge is 0.169 e. The monoisotopic (exact) mass is 212 g/mol. The minimum absolute atomic E-state index is 0. The molecule has 0 saturated heterocycles. The summed E-state index contributed by atoms with van der Waals surface area (Å²) in [5.74, 6) is 0. The van der Waals surface area contributed by atoms with Crippen molar-refractivity contribution in [1.82, 2.24) is 0 Å². The number of rotatable bonds is 2. The first-order valence-electron chi connectivity index (χ1n) is 3.13. The van der Waals surface area contributed by atoms with Crippen LogP contribution in [0, 0.1) is 0 Å². The first-order valence-corrected chi connectivity index (χ1v) is 3.13. The van der Waals surface area contributed by atoms with Crippen molar-refractivity contribution >= 4 is 5.69 Å². The fourth-order valence-electron chi connectivity index (χ4n) is 0.709. The predicted molar refractivity (Wildman–Crippen MR) is 37.2 cm³/mol. The summed E-state index contributed by atoms with van der Waals surface area (Å²) in [5.41, 5.74) is 1.16. The van der Waals surface area contributed by atoms with Crippen LogP contribution in [0.15, 0.2) is 24.5 Å². The van der Waals surface area contributed by atoms with Gasteiger partial charge in [0.2, 0.25) is 0 Å². The summed E-state index contributed by atoms with van der Waals surface area (Å²) in [6, 6.07) is 4.01. The van der Waals surface area contributed by atoms with Crippen molar-refractivity contribution in [1.29, 1.82) is 0 Å². The van der Waals surface area contributed by atoms with Crippen molar-refractivity contribution < 1.29 is 37.7 Å². The van der Waals surface area contributed by atoms with E-state index in [2.05, 4.69) is 17.2 Å². The molecule has 0 aliphatic heterocycles. The molecule has 51 valence electrons. The van der Waals surface area contributed by atoms with E-state index in [1.807, 2.05) is 24.5 Å². The Balaban J connectivity index is 0.000000810. The Hall–Kier alpha value is 0.0539. The molecule has 0 spiro atoms. The number of nitrogens with one attached hydrogen (secondary N) is 2. The number of pyridine rings is 1. The molecule has 0 saturated carbocycles. The van der Waals surface area contributed by atoms with Crippen LogP contribution in [0.25, 0.3) is 0 Å². The van der Waals surface area contributed by atoms with Crippen LogP contribution in [0.4, 0.5) is 5.69 Å².